The van der Waals surface area contributed by atoms with E-state index in [4.69, 9.17) is 20.6 Å². The van der Waals surface area contributed by atoms with Crippen LogP contribution in [0.1, 0.15) is 39.3 Å². The zero-order valence-corrected chi connectivity index (χ0v) is 19.1. The molecule has 0 saturated carbocycles. The van der Waals surface area contributed by atoms with Crippen molar-refractivity contribution in [1.82, 2.24) is 9.97 Å². The van der Waals surface area contributed by atoms with Gasteiger partial charge in [-0.15, -0.1) is 0 Å². The van der Waals surface area contributed by atoms with Gasteiger partial charge in [0.1, 0.15) is 5.82 Å². The molecule has 1 heterocycles. The molecular weight excluding hydrogens is 426 g/mol. The number of hydrogen-bond acceptors (Lipinski definition) is 5. The SMILES string of the molecule is C=C(C)C(=O)O.C=C(C)C(=O)O.C=C(C)C(=O)O.CC(C#N)c1cnc(-c2ccccc2)[nH]1. The summed E-state index contributed by atoms with van der Waals surface area (Å²) in [5, 5.41) is 32.4. The number of carboxylic acid groups (broad SMARTS) is 3. The minimum atomic E-state index is -0.935. The lowest BCUT2D eigenvalue weighted by molar-refractivity contribution is -0.133. The van der Waals surface area contributed by atoms with Crippen molar-refractivity contribution in [3.63, 3.8) is 0 Å². The van der Waals surface area contributed by atoms with E-state index in [1.165, 1.54) is 20.8 Å². The molecule has 0 radical (unpaired) electrons. The van der Waals surface area contributed by atoms with E-state index >= 15 is 0 Å². The molecule has 0 spiro atoms. The summed E-state index contributed by atoms with van der Waals surface area (Å²) in [6.45, 7) is 15.7. The van der Waals surface area contributed by atoms with E-state index < -0.39 is 17.9 Å². The Hall–Kier alpha value is -4.45. The number of carboxylic acids is 3. The number of imidazole rings is 1. The van der Waals surface area contributed by atoms with E-state index in [1.807, 2.05) is 37.3 Å². The zero-order valence-electron chi connectivity index (χ0n) is 19.1. The molecular formula is C24H29N3O6. The van der Waals surface area contributed by atoms with Gasteiger partial charge in [-0.1, -0.05) is 50.1 Å². The number of nitrogens with zero attached hydrogens (tertiary/aromatic N) is 2. The van der Waals surface area contributed by atoms with Crippen molar-refractivity contribution >= 4 is 17.9 Å². The fourth-order valence-corrected chi connectivity index (χ4v) is 1.37. The van der Waals surface area contributed by atoms with E-state index in [-0.39, 0.29) is 22.6 Å². The number of aromatic nitrogens is 2. The van der Waals surface area contributed by atoms with Crippen LogP contribution >= 0.6 is 0 Å². The summed E-state index contributed by atoms with van der Waals surface area (Å²) >= 11 is 0. The Balaban J connectivity index is 0. The number of aromatic amines is 1. The van der Waals surface area contributed by atoms with Crippen LogP contribution in [0.3, 0.4) is 0 Å². The molecule has 2 aromatic rings. The molecule has 1 atom stereocenters. The van der Waals surface area contributed by atoms with Gasteiger partial charge in [0.25, 0.3) is 0 Å². The first-order valence-corrected chi connectivity index (χ1v) is 9.40. The first-order valence-electron chi connectivity index (χ1n) is 9.40. The molecule has 0 saturated heterocycles. The van der Waals surface area contributed by atoms with Gasteiger partial charge < -0.3 is 20.3 Å². The normalized spacial score (nSPS) is 9.55. The van der Waals surface area contributed by atoms with Crippen LogP contribution in [-0.2, 0) is 14.4 Å². The van der Waals surface area contributed by atoms with E-state index in [9.17, 15) is 14.4 Å². The van der Waals surface area contributed by atoms with Crippen molar-refractivity contribution in [2.75, 3.05) is 0 Å². The van der Waals surface area contributed by atoms with Gasteiger partial charge in [-0.05, 0) is 27.7 Å². The summed E-state index contributed by atoms with van der Waals surface area (Å²) < 4.78 is 0. The molecule has 1 aromatic heterocycles. The number of nitrogens with one attached hydrogen (secondary N) is 1. The molecule has 9 heteroatoms. The number of benzene rings is 1. The first-order chi connectivity index (χ1) is 15.2. The Morgan fingerprint density at radius 2 is 1.27 bits per heavy atom. The summed E-state index contributed by atoms with van der Waals surface area (Å²) in [5.74, 6) is -2.14. The summed E-state index contributed by atoms with van der Waals surface area (Å²) in [6, 6.07) is 12.0. The Kier molecular flexibility index (Phi) is 15.2. The van der Waals surface area contributed by atoms with Crippen LogP contribution in [0.4, 0.5) is 0 Å². The van der Waals surface area contributed by atoms with Crippen LogP contribution in [0, 0.1) is 11.3 Å². The lowest BCUT2D eigenvalue weighted by atomic mass is 10.1. The number of rotatable bonds is 5. The fourth-order valence-electron chi connectivity index (χ4n) is 1.37. The highest BCUT2D eigenvalue weighted by atomic mass is 16.4. The van der Waals surface area contributed by atoms with E-state index in [2.05, 4.69) is 35.8 Å². The van der Waals surface area contributed by atoms with Crippen LogP contribution in [0.2, 0.25) is 0 Å². The highest BCUT2D eigenvalue weighted by Crippen LogP contribution is 2.18. The van der Waals surface area contributed by atoms with Crippen molar-refractivity contribution in [3.05, 3.63) is 78.7 Å². The van der Waals surface area contributed by atoms with Crippen molar-refractivity contribution in [2.45, 2.75) is 33.6 Å². The van der Waals surface area contributed by atoms with Crippen LogP contribution in [0.15, 0.2) is 73.0 Å². The molecule has 0 aliphatic heterocycles. The third kappa shape index (κ3) is 15.1. The van der Waals surface area contributed by atoms with Gasteiger partial charge in [0.05, 0.1) is 17.7 Å². The van der Waals surface area contributed by atoms with Crippen molar-refractivity contribution in [2.24, 2.45) is 0 Å². The number of carbonyl (C=O) groups is 3. The van der Waals surface area contributed by atoms with Crippen molar-refractivity contribution in [3.8, 4) is 17.5 Å². The molecule has 9 nitrogen and oxygen atoms in total. The third-order valence-corrected chi connectivity index (χ3v) is 3.40. The van der Waals surface area contributed by atoms with Crippen LogP contribution in [0.5, 0.6) is 0 Å². The second-order valence-electron chi connectivity index (χ2n) is 6.66. The third-order valence-electron chi connectivity index (χ3n) is 3.40. The van der Waals surface area contributed by atoms with Gasteiger partial charge in [-0.3, -0.25) is 0 Å². The molecule has 0 fully saturated rings. The maximum atomic E-state index is 9.60. The lowest BCUT2D eigenvalue weighted by Crippen LogP contribution is -1.92. The monoisotopic (exact) mass is 455 g/mol. The average Bonchev–Trinajstić information content (AvgIpc) is 3.25. The lowest BCUT2D eigenvalue weighted by Gasteiger charge is -1.97. The van der Waals surface area contributed by atoms with Gasteiger partial charge in [0.15, 0.2) is 0 Å². The highest BCUT2D eigenvalue weighted by molar-refractivity contribution is 5.85. The molecule has 0 bridgehead atoms. The topological polar surface area (TPSA) is 164 Å². The standard InChI is InChI=1S/C12H11N3.3C4H6O2/c1-9(7-13)11-8-14-12(15-11)10-5-3-2-4-6-10;3*1-3(2)4(5)6/h2-6,8-9H,1H3,(H,14,15);3*1H2,2H3,(H,5,6). The predicted octanol–water partition coefficient (Wildman–Crippen LogP) is 4.65. The smallest absolute Gasteiger partial charge is 0.330 e. The predicted molar refractivity (Wildman–Crippen MR) is 125 cm³/mol. The quantitative estimate of drug-likeness (QED) is 0.473. The molecule has 33 heavy (non-hydrogen) atoms. The van der Waals surface area contributed by atoms with Crippen molar-refractivity contribution < 1.29 is 29.7 Å². The van der Waals surface area contributed by atoms with Crippen LogP contribution in [0.25, 0.3) is 11.4 Å². The Morgan fingerprint density at radius 1 is 0.909 bits per heavy atom. The molecule has 0 amide bonds. The minimum absolute atomic E-state index is 0.144. The van der Waals surface area contributed by atoms with Gasteiger partial charge in [0.2, 0.25) is 0 Å². The van der Waals surface area contributed by atoms with Gasteiger partial charge in [0, 0.05) is 28.5 Å². The van der Waals surface area contributed by atoms with E-state index in [0.29, 0.717) is 0 Å². The Labute approximate surface area is 193 Å². The maximum Gasteiger partial charge on any atom is 0.330 e. The fraction of sp³-hybridized carbons (Fsp3) is 0.208. The first kappa shape index (κ1) is 30.7. The maximum absolute atomic E-state index is 9.60. The number of nitriles is 1. The Bertz CT molecular complexity index is 923. The molecule has 0 aliphatic rings. The summed E-state index contributed by atoms with van der Waals surface area (Å²) in [6.07, 6.45) is 1.72. The largest absolute Gasteiger partial charge is 0.478 e. The summed E-state index contributed by atoms with van der Waals surface area (Å²) in [4.78, 5) is 36.2. The molecule has 1 aromatic carbocycles. The highest BCUT2D eigenvalue weighted by Gasteiger charge is 2.08. The van der Waals surface area contributed by atoms with Crippen LogP contribution < -0.4 is 0 Å². The van der Waals surface area contributed by atoms with Crippen molar-refractivity contribution in [1.29, 1.82) is 5.26 Å². The molecule has 2 rings (SSSR count). The zero-order chi connectivity index (χ0) is 26.1. The number of aliphatic carboxylic acids is 3. The Morgan fingerprint density at radius 3 is 1.58 bits per heavy atom. The average molecular weight is 456 g/mol. The van der Waals surface area contributed by atoms with E-state index in [1.54, 1.807) is 6.20 Å². The van der Waals surface area contributed by atoms with Gasteiger partial charge >= 0.3 is 17.9 Å². The number of hydrogen-bond donors (Lipinski definition) is 4. The minimum Gasteiger partial charge on any atom is -0.478 e. The molecule has 4 N–H and O–H groups in total. The van der Waals surface area contributed by atoms with Crippen LogP contribution in [-0.4, -0.2) is 43.2 Å². The number of H-pyrrole nitrogens is 1. The molecule has 1 unspecified atom stereocenters. The van der Waals surface area contributed by atoms with E-state index in [0.717, 1.165) is 17.1 Å². The van der Waals surface area contributed by atoms with Gasteiger partial charge in [-0.25, -0.2) is 19.4 Å². The second-order valence-corrected chi connectivity index (χ2v) is 6.66. The second kappa shape index (κ2) is 16.3. The summed E-state index contributed by atoms with van der Waals surface area (Å²) in [7, 11) is 0. The van der Waals surface area contributed by atoms with Gasteiger partial charge in [-0.2, -0.15) is 5.26 Å². The molecule has 0 aliphatic carbocycles. The molecule has 176 valence electrons. The summed E-state index contributed by atoms with van der Waals surface area (Å²) in [5.41, 5.74) is 2.42.